The summed E-state index contributed by atoms with van der Waals surface area (Å²) >= 11 is 0. The number of anilines is 1. The van der Waals surface area contributed by atoms with Gasteiger partial charge in [0.1, 0.15) is 0 Å². The number of fused-ring (bicyclic) bond motifs is 4. The van der Waals surface area contributed by atoms with E-state index < -0.39 is 0 Å². The highest BCUT2D eigenvalue weighted by Gasteiger charge is 2.50. The Morgan fingerprint density at radius 3 is 2.36 bits per heavy atom. The number of piperidine rings is 2. The Balaban J connectivity index is 1.25. The van der Waals surface area contributed by atoms with Crippen molar-refractivity contribution >= 4 is 17.8 Å². The molecule has 7 heteroatoms. The van der Waals surface area contributed by atoms with E-state index in [0.717, 1.165) is 70.3 Å². The average Bonchev–Trinajstić information content (AvgIpc) is 3.28. The Morgan fingerprint density at radius 1 is 1.06 bits per heavy atom. The predicted octanol–water partition coefficient (Wildman–Crippen LogP) is 4.06. The summed E-state index contributed by atoms with van der Waals surface area (Å²) in [5, 5.41) is 0. The number of benzene rings is 1. The minimum atomic E-state index is -0.103. The molecule has 33 heavy (non-hydrogen) atoms. The molecule has 4 aliphatic rings. The molecule has 0 saturated carbocycles. The quantitative estimate of drug-likeness (QED) is 0.691. The molecule has 0 N–H and O–H groups in total. The lowest BCUT2D eigenvalue weighted by Gasteiger charge is -2.47. The van der Waals surface area contributed by atoms with Crippen LogP contribution in [0.1, 0.15) is 57.4 Å². The number of carbonyl (C=O) groups is 2. The van der Waals surface area contributed by atoms with Crippen molar-refractivity contribution in [2.75, 3.05) is 45.2 Å². The molecule has 0 radical (unpaired) electrons. The number of rotatable bonds is 3. The van der Waals surface area contributed by atoms with Crippen LogP contribution in [-0.2, 0) is 10.2 Å². The van der Waals surface area contributed by atoms with Crippen molar-refractivity contribution in [2.45, 2.75) is 75.4 Å². The van der Waals surface area contributed by atoms with Gasteiger partial charge in [0.05, 0.1) is 6.61 Å². The first-order valence-corrected chi connectivity index (χ1v) is 12.7. The van der Waals surface area contributed by atoms with Crippen LogP contribution in [0.4, 0.5) is 15.3 Å². The Labute approximate surface area is 197 Å². The lowest BCUT2D eigenvalue weighted by molar-refractivity contribution is 0.0268. The van der Waals surface area contributed by atoms with Crippen molar-refractivity contribution < 1.29 is 14.3 Å². The molecule has 7 nitrogen and oxygen atoms in total. The molecular formula is C26H38N4O3. The first kappa shape index (κ1) is 22.5. The Bertz CT molecular complexity index is 881. The standard InChI is InChI=1S/C26H38N4O3/c1-4-15-33-25(32)30-19-9-10-20(30)17-21(16-19)28-13-11-26(12-14-28)18-29(24(31)27(2)3)23-8-6-5-7-22(23)26/h5-8,19-21H,4,9-18H2,1-3H3. The monoisotopic (exact) mass is 454 g/mol. The van der Waals surface area contributed by atoms with Crippen LogP contribution in [-0.4, -0.2) is 85.3 Å². The van der Waals surface area contributed by atoms with Gasteiger partial charge in [0, 0.05) is 49.9 Å². The Morgan fingerprint density at radius 2 is 1.73 bits per heavy atom. The van der Waals surface area contributed by atoms with Crippen molar-refractivity contribution in [1.82, 2.24) is 14.7 Å². The van der Waals surface area contributed by atoms with Gasteiger partial charge in [-0.3, -0.25) is 4.90 Å². The zero-order chi connectivity index (χ0) is 23.2. The van der Waals surface area contributed by atoms with Gasteiger partial charge in [0.15, 0.2) is 0 Å². The van der Waals surface area contributed by atoms with Crippen LogP contribution in [0.2, 0.25) is 0 Å². The summed E-state index contributed by atoms with van der Waals surface area (Å²) < 4.78 is 5.47. The van der Waals surface area contributed by atoms with Gasteiger partial charge < -0.3 is 19.4 Å². The summed E-state index contributed by atoms with van der Waals surface area (Å²) in [4.78, 5) is 33.8. The van der Waals surface area contributed by atoms with Crippen molar-refractivity contribution in [1.29, 1.82) is 0 Å². The SMILES string of the molecule is CCCOC(=O)N1C2CCC1CC(N1CCC3(CC1)CN(C(=O)N(C)C)c1ccccc13)C2. The lowest BCUT2D eigenvalue weighted by Crippen LogP contribution is -2.55. The van der Waals surface area contributed by atoms with Crippen molar-refractivity contribution in [2.24, 2.45) is 0 Å². The van der Waals surface area contributed by atoms with E-state index in [1.54, 1.807) is 4.90 Å². The maximum absolute atomic E-state index is 12.9. The van der Waals surface area contributed by atoms with E-state index in [9.17, 15) is 9.59 Å². The Kier molecular flexibility index (Phi) is 6.02. The number of hydrogen-bond acceptors (Lipinski definition) is 4. The van der Waals surface area contributed by atoms with Gasteiger partial charge in [-0.1, -0.05) is 25.1 Å². The third-order valence-corrected chi connectivity index (χ3v) is 8.46. The highest BCUT2D eigenvalue weighted by atomic mass is 16.6. The molecule has 4 aliphatic heterocycles. The van der Waals surface area contributed by atoms with Gasteiger partial charge in [-0.2, -0.15) is 0 Å². The summed E-state index contributed by atoms with van der Waals surface area (Å²) in [6.45, 7) is 5.45. The number of nitrogens with zero attached hydrogens (tertiary/aromatic N) is 4. The largest absolute Gasteiger partial charge is 0.449 e. The summed E-state index contributed by atoms with van der Waals surface area (Å²) in [7, 11) is 3.66. The molecule has 1 aromatic rings. The van der Waals surface area contributed by atoms with E-state index in [4.69, 9.17) is 4.74 Å². The molecule has 4 heterocycles. The van der Waals surface area contributed by atoms with Crippen LogP contribution in [0.3, 0.4) is 0 Å². The van der Waals surface area contributed by atoms with Gasteiger partial charge in [-0.05, 0) is 69.7 Å². The van der Waals surface area contributed by atoms with E-state index in [0.29, 0.717) is 24.7 Å². The molecule has 3 amide bonds. The Hall–Kier alpha value is -2.28. The van der Waals surface area contributed by atoms with E-state index in [1.165, 1.54) is 5.56 Å². The van der Waals surface area contributed by atoms with Crippen LogP contribution in [0.5, 0.6) is 0 Å². The first-order valence-electron chi connectivity index (χ1n) is 12.7. The number of para-hydroxylation sites is 1. The second-order valence-corrected chi connectivity index (χ2v) is 10.6. The number of ether oxygens (including phenoxy) is 1. The number of likely N-dealkylation sites (tertiary alicyclic amines) is 1. The summed E-state index contributed by atoms with van der Waals surface area (Å²) in [6, 6.07) is 9.76. The van der Waals surface area contributed by atoms with Crippen molar-refractivity contribution in [3.8, 4) is 0 Å². The molecule has 2 unspecified atom stereocenters. The smallest absolute Gasteiger partial charge is 0.410 e. The molecule has 0 aliphatic carbocycles. The maximum atomic E-state index is 12.9. The minimum Gasteiger partial charge on any atom is -0.449 e. The molecule has 2 bridgehead atoms. The fourth-order valence-electron chi connectivity index (χ4n) is 6.80. The van der Waals surface area contributed by atoms with Crippen molar-refractivity contribution in [3.05, 3.63) is 29.8 Å². The highest BCUT2D eigenvalue weighted by Crippen LogP contribution is 2.48. The molecule has 3 fully saturated rings. The topological polar surface area (TPSA) is 56.3 Å². The lowest BCUT2D eigenvalue weighted by atomic mass is 9.73. The first-order chi connectivity index (χ1) is 15.9. The van der Waals surface area contributed by atoms with E-state index >= 15 is 0 Å². The van der Waals surface area contributed by atoms with Crippen LogP contribution in [0.15, 0.2) is 24.3 Å². The predicted molar refractivity (Wildman–Crippen MR) is 129 cm³/mol. The molecule has 1 aromatic carbocycles. The van der Waals surface area contributed by atoms with Gasteiger partial charge >= 0.3 is 12.1 Å². The number of carbonyl (C=O) groups excluding carboxylic acids is 2. The third-order valence-electron chi connectivity index (χ3n) is 8.46. The zero-order valence-corrected chi connectivity index (χ0v) is 20.3. The highest BCUT2D eigenvalue weighted by molar-refractivity contribution is 5.95. The van der Waals surface area contributed by atoms with Gasteiger partial charge in [-0.15, -0.1) is 0 Å². The number of urea groups is 1. The molecule has 3 saturated heterocycles. The summed E-state index contributed by atoms with van der Waals surface area (Å²) in [5.41, 5.74) is 2.48. The van der Waals surface area contributed by atoms with E-state index in [-0.39, 0.29) is 17.5 Å². The van der Waals surface area contributed by atoms with Crippen LogP contribution in [0.25, 0.3) is 0 Å². The van der Waals surface area contributed by atoms with Crippen LogP contribution < -0.4 is 4.90 Å². The van der Waals surface area contributed by atoms with Gasteiger partial charge in [-0.25, -0.2) is 9.59 Å². The number of hydrogen-bond donors (Lipinski definition) is 0. The summed E-state index contributed by atoms with van der Waals surface area (Å²) in [5.74, 6) is 0. The van der Waals surface area contributed by atoms with Gasteiger partial charge in [0.2, 0.25) is 0 Å². The van der Waals surface area contributed by atoms with E-state index in [1.807, 2.05) is 32.0 Å². The zero-order valence-electron chi connectivity index (χ0n) is 20.3. The fraction of sp³-hybridized carbons (Fsp3) is 0.692. The van der Waals surface area contributed by atoms with Crippen LogP contribution >= 0.6 is 0 Å². The molecule has 5 rings (SSSR count). The van der Waals surface area contributed by atoms with Gasteiger partial charge in [0.25, 0.3) is 0 Å². The average molecular weight is 455 g/mol. The molecular weight excluding hydrogens is 416 g/mol. The summed E-state index contributed by atoms with van der Waals surface area (Å²) in [6.07, 6.45) is 7.26. The van der Waals surface area contributed by atoms with E-state index in [2.05, 4.69) is 28.0 Å². The second-order valence-electron chi connectivity index (χ2n) is 10.6. The molecule has 2 atom stereocenters. The molecule has 0 aromatic heterocycles. The molecule has 1 spiro atoms. The maximum Gasteiger partial charge on any atom is 0.410 e. The second kappa shape index (κ2) is 8.82. The fourth-order valence-corrected chi connectivity index (χ4v) is 6.80. The third kappa shape index (κ3) is 3.88. The van der Waals surface area contributed by atoms with Crippen LogP contribution in [0, 0.1) is 0 Å². The minimum absolute atomic E-state index is 0.0579. The van der Waals surface area contributed by atoms with Crippen molar-refractivity contribution in [3.63, 3.8) is 0 Å². The number of amides is 3. The normalized spacial score (nSPS) is 28.2. The molecule has 180 valence electrons.